The highest BCUT2D eigenvalue weighted by Crippen LogP contribution is 2.19. The summed E-state index contributed by atoms with van der Waals surface area (Å²) in [5.74, 6) is -0.292. The monoisotopic (exact) mass is 323 g/mol. The van der Waals surface area contributed by atoms with Crippen LogP contribution in [0.1, 0.15) is 16.8 Å². The average Bonchev–Trinajstić information content (AvgIpc) is 2.35. The van der Waals surface area contributed by atoms with Crippen molar-refractivity contribution >= 4 is 33.7 Å². The topological polar surface area (TPSA) is 92.7 Å². The molecule has 0 aromatic heterocycles. The van der Waals surface area contributed by atoms with Gasteiger partial charge in [0.05, 0.1) is 10.8 Å². The summed E-state index contributed by atoms with van der Waals surface area (Å²) < 4.78 is 33.7. The van der Waals surface area contributed by atoms with Crippen molar-refractivity contribution in [3.63, 3.8) is 0 Å². The molecule has 0 radical (unpaired) electrons. The molecule has 0 heterocycles. The number of rotatable bonds is 6. The van der Waals surface area contributed by atoms with Crippen LogP contribution >= 0.6 is 11.6 Å². The summed E-state index contributed by atoms with van der Waals surface area (Å²) in [4.78, 5) is 10.5. The van der Waals surface area contributed by atoms with E-state index >= 15 is 0 Å². The molecule has 1 rings (SSSR count). The lowest BCUT2D eigenvalue weighted by atomic mass is 10.2. The Morgan fingerprint density at radius 3 is 2.45 bits per heavy atom. The number of anilines is 1. The smallest absolute Gasteiger partial charge is 0.264 e. The first-order valence-corrected chi connectivity index (χ1v) is 7.66. The van der Waals surface area contributed by atoms with Crippen LogP contribution < -0.4 is 5.32 Å². The van der Waals surface area contributed by atoms with E-state index in [1.807, 2.05) is 0 Å². The second-order valence-electron chi connectivity index (χ2n) is 3.83. The standard InChI is InChI=1S/C10H12ClNO4S.C2H6O/c11-10-6-9(3-2-8(10)7-13)12-4-1-5-17(14,15)16;1-3-2/h2-3,6-7,12H,1,4-5H2,(H,14,15,16);1-2H3. The van der Waals surface area contributed by atoms with Gasteiger partial charge >= 0.3 is 0 Å². The van der Waals surface area contributed by atoms with Crippen molar-refractivity contribution in [2.24, 2.45) is 0 Å². The number of methoxy groups -OCH3 is 1. The Labute approximate surface area is 123 Å². The van der Waals surface area contributed by atoms with E-state index in [1.54, 1.807) is 32.4 Å². The molecule has 0 saturated heterocycles. The van der Waals surface area contributed by atoms with E-state index in [1.165, 1.54) is 0 Å². The number of carbonyl (C=O) groups is 1. The third-order valence-corrected chi connectivity index (χ3v) is 3.17. The van der Waals surface area contributed by atoms with Gasteiger partial charge in [-0.1, -0.05) is 11.6 Å². The zero-order valence-electron chi connectivity index (χ0n) is 11.3. The normalized spacial score (nSPS) is 10.4. The van der Waals surface area contributed by atoms with Crippen LogP contribution in [0.5, 0.6) is 0 Å². The fraction of sp³-hybridized carbons (Fsp3) is 0.417. The van der Waals surface area contributed by atoms with Gasteiger partial charge in [0.25, 0.3) is 10.1 Å². The highest BCUT2D eigenvalue weighted by atomic mass is 35.5. The molecule has 1 aromatic carbocycles. The SMILES string of the molecule is COC.O=Cc1ccc(NCCCS(=O)(=O)O)cc1Cl. The van der Waals surface area contributed by atoms with Crippen LogP contribution in [-0.2, 0) is 14.9 Å². The second kappa shape index (κ2) is 9.71. The number of aldehydes is 1. The van der Waals surface area contributed by atoms with Crippen molar-refractivity contribution < 1.29 is 22.5 Å². The van der Waals surface area contributed by atoms with Gasteiger partial charge in [0.2, 0.25) is 0 Å². The van der Waals surface area contributed by atoms with Crippen LogP contribution in [0.3, 0.4) is 0 Å². The van der Waals surface area contributed by atoms with Gasteiger partial charge in [0, 0.05) is 32.0 Å². The Bertz CT molecular complexity index is 519. The molecule has 0 atom stereocenters. The Morgan fingerprint density at radius 2 is 2.00 bits per heavy atom. The molecule has 0 bridgehead atoms. The summed E-state index contributed by atoms with van der Waals surface area (Å²) in [5.41, 5.74) is 1.09. The minimum atomic E-state index is -3.91. The second-order valence-corrected chi connectivity index (χ2v) is 5.81. The van der Waals surface area contributed by atoms with Gasteiger partial charge in [-0.25, -0.2) is 0 Å². The maximum Gasteiger partial charge on any atom is 0.264 e. The molecule has 0 amide bonds. The summed E-state index contributed by atoms with van der Waals surface area (Å²) in [7, 11) is -0.660. The molecule has 20 heavy (non-hydrogen) atoms. The Hall–Kier alpha value is -1.15. The van der Waals surface area contributed by atoms with Crippen molar-refractivity contribution in [1.82, 2.24) is 0 Å². The van der Waals surface area contributed by atoms with E-state index < -0.39 is 10.1 Å². The maximum absolute atomic E-state index is 10.5. The number of halogens is 1. The Kier molecular flexibility index (Phi) is 9.15. The molecular formula is C12H18ClNO5S. The zero-order chi connectivity index (χ0) is 15.6. The predicted molar refractivity (Wildman–Crippen MR) is 79.3 cm³/mol. The molecule has 6 nitrogen and oxygen atoms in total. The molecule has 114 valence electrons. The van der Waals surface area contributed by atoms with E-state index in [0.717, 1.165) is 0 Å². The highest BCUT2D eigenvalue weighted by Gasteiger charge is 2.04. The van der Waals surface area contributed by atoms with Crippen LogP contribution in [0, 0.1) is 0 Å². The van der Waals surface area contributed by atoms with Gasteiger partial charge < -0.3 is 10.1 Å². The minimum Gasteiger partial charge on any atom is -0.388 e. The molecule has 1 aromatic rings. The summed E-state index contributed by atoms with van der Waals surface area (Å²) in [6, 6.07) is 4.82. The average molecular weight is 324 g/mol. The van der Waals surface area contributed by atoms with Gasteiger partial charge in [0.15, 0.2) is 6.29 Å². The highest BCUT2D eigenvalue weighted by molar-refractivity contribution is 7.85. The molecular weight excluding hydrogens is 306 g/mol. The fourth-order valence-corrected chi connectivity index (χ4v) is 1.95. The van der Waals surface area contributed by atoms with E-state index in [-0.39, 0.29) is 12.2 Å². The third kappa shape index (κ3) is 8.87. The van der Waals surface area contributed by atoms with Crippen LogP contribution in [0.2, 0.25) is 5.02 Å². The van der Waals surface area contributed by atoms with Crippen LogP contribution in [0.4, 0.5) is 5.69 Å². The number of hydrogen-bond acceptors (Lipinski definition) is 5. The Morgan fingerprint density at radius 1 is 1.40 bits per heavy atom. The number of carbonyl (C=O) groups excluding carboxylic acids is 1. The van der Waals surface area contributed by atoms with Crippen molar-refractivity contribution in [3.05, 3.63) is 28.8 Å². The van der Waals surface area contributed by atoms with Gasteiger partial charge in [-0.15, -0.1) is 0 Å². The van der Waals surface area contributed by atoms with Crippen molar-refractivity contribution in [2.75, 3.05) is 31.8 Å². The molecule has 2 N–H and O–H groups in total. The maximum atomic E-state index is 10.5. The number of nitrogens with one attached hydrogen (secondary N) is 1. The first-order valence-electron chi connectivity index (χ1n) is 5.68. The largest absolute Gasteiger partial charge is 0.388 e. The first-order chi connectivity index (χ1) is 9.34. The minimum absolute atomic E-state index is 0.284. The number of ether oxygens (including phenoxy) is 1. The summed E-state index contributed by atoms with van der Waals surface area (Å²) in [5, 5.41) is 3.27. The molecule has 0 unspecified atom stereocenters. The third-order valence-electron chi connectivity index (χ3n) is 2.04. The molecule has 0 spiro atoms. The van der Waals surface area contributed by atoms with Crippen molar-refractivity contribution in [3.8, 4) is 0 Å². The Balaban J connectivity index is 0.00000110. The van der Waals surface area contributed by atoms with E-state index in [9.17, 15) is 13.2 Å². The molecule has 0 fully saturated rings. The summed E-state index contributed by atoms with van der Waals surface area (Å²) in [6.45, 7) is 0.385. The molecule has 0 aliphatic rings. The van der Waals surface area contributed by atoms with E-state index in [2.05, 4.69) is 10.1 Å². The first kappa shape index (κ1) is 18.9. The van der Waals surface area contributed by atoms with Crippen molar-refractivity contribution in [1.29, 1.82) is 0 Å². The molecule has 0 saturated carbocycles. The predicted octanol–water partition coefficient (Wildman–Crippen LogP) is 2.10. The van der Waals surface area contributed by atoms with E-state index in [0.29, 0.717) is 29.1 Å². The molecule has 0 aliphatic carbocycles. The number of hydrogen-bond donors (Lipinski definition) is 2. The zero-order valence-corrected chi connectivity index (χ0v) is 12.9. The summed E-state index contributed by atoms with van der Waals surface area (Å²) >= 11 is 5.81. The molecule has 8 heteroatoms. The fourth-order valence-electron chi connectivity index (χ4n) is 1.22. The van der Waals surface area contributed by atoms with Crippen LogP contribution in [-0.4, -0.2) is 45.8 Å². The van der Waals surface area contributed by atoms with Gasteiger partial charge in [-0.05, 0) is 24.6 Å². The molecule has 0 aliphatic heterocycles. The van der Waals surface area contributed by atoms with Gasteiger partial charge in [-0.2, -0.15) is 8.42 Å². The van der Waals surface area contributed by atoms with Gasteiger partial charge in [-0.3, -0.25) is 9.35 Å². The van der Waals surface area contributed by atoms with E-state index in [4.69, 9.17) is 16.2 Å². The number of benzene rings is 1. The lowest BCUT2D eigenvalue weighted by Gasteiger charge is -2.06. The van der Waals surface area contributed by atoms with Crippen LogP contribution in [0.15, 0.2) is 18.2 Å². The van der Waals surface area contributed by atoms with Crippen LogP contribution in [0.25, 0.3) is 0 Å². The quantitative estimate of drug-likeness (QED) is 0.473. The lowest BCUT2D eigenvalue weighted by Crippen LogP contribution is -2.10. The lowest BCUT2D eigenvalue weighted by molar-refractivity contribution is 0.112. The van der Waals surface area contributed by atoms with Crippen molar-refractivity contribution in [2.45, 2.75) is 6.42 Å². The van der Waals surface area contributed by atoms with Gasteiger partial charge in [0.1, 0.15) is 0 Å². The summed E-state index contributed by atoms with van der Waals surface area (Å²) in [6.07, 6.45) is 0.941.